The molecule has 0 bridgehead atoms. The number of fused-ring (bicyclic) bond motifs is 1. The van der Waals surface area contributed by atoms with Gasteiger partial charge in [0.05, 0.1) is 22.6 Å². The maximum absolute atomic E-state index is 11.2. The minimum absolute atomic E-state index is 0.157. The summed E-state index contributed by atoms with van der Waals surface area (Å²) in [6.45, 7) is 6.74. The normalized spacial score (nSPS) is 12.5. The summed E-state index contributed by atoms with van der Waals surface area (Å²) in [6, 6.07) is 11.1. The van der Waals surface area contributed by atoms with Gasteiger partial charge in [0, 0.05) is 6.54 Å². The topological polar surface area (TPSA) is 81.1 Å². The number of hydrogen-bond acceptors (Lipinski definition) is 3. The lowest BCUT2D eigenvalue weighted by atomic mass is 10.1. The van der Waals surface area contributed by atoms with Crippen LogP contribution in [0.4, 0.5) is 0 Å². The molecule has 5 nitrogen and oxygen atoms in total. The van der Waals surface area contributed by atoms with Gasteiger partial charge < -0.3 is 15.4 Å². The summed E-state index contributed by atoms with van der Waals surface area (Å²) in [5.41, 5.74) is 11.8. The fraction of sp³-hybridized carbons (Fsp3) is 0.300. The molecule has 0 saturated heterocycles. The molecule has 0 radical (unpaired) electrons. The fourth-order valence-electron chi connectivity index (χ4n) is 3.02. The van der Waals surface area contributed by atoms with Crippen molar-refractivity contribution in [1.29, 1.82) is 0 Å². The van der Waals surface area contributed by atoms with E-state index in [0.29, 0.717) is 6.54 Å². The summed E-state index contributed by atoms with van der Waals surface area (Å²) in [7, 11) is 0. The van der Waals surface area contributed by atoms with Crippen LogP contribution < -0.4 is 5.73 Å². The Labute approximate surface area is 147 Å². The van der Waals surface area contributed by atoms with E-state index in [2.05, 4.69) is 30.5 Å². The number of nitrogens with two attached hydrogens (primary N) is 1. The molecule has 0 aliphatic rings. The monoisotopic (exact) mass is 337 g/mol. The first-order valence-corrected chi connectivity index (χ1v) is 8.46. The Bertz CT molecular complexity index is 944. The van der Waals surface area contributed by atoms with Gasteiger partial charge >= 0.3 is 5.97 Å². The predicted octanol–water partition coefficient (Wildman–Crippen LogP) is 3.81. The average Bonchev–Trinajstić information content (AvgIpc) is 2.92. The van der Waals surface area contributed by atoms with Crippen LogP contribution in [0.1, 0.15) is 52.3 Å². The molecule has 0 amide bonds. The zero-order valence-corrected chi connectivity index (χ0v) is 14.8. The van der Waals surface area contributed by atoms with Crippen molar-refractivity contribution >= 4 is 17.0 Å². The Morgan fingerprint density at radius 2 is 1.96 bits per heavy atom. The third-order valence-corrected chi connectivity index (χ3v) is 4.68. The number of nitrogens with zero attached hydrogens (tertiary/aromatic N) is 2. The molecule has 0 fully saturated rings. The quantitative estimate of drug-likeness (QED) is 0.742. The van der Waals surface area contributed by atoms with E-state index in [1.165, 1.54) is 11.1 Å². The number of aromatic carboxylic acids is 1. The minimum Gasteiger partial charge on any atom is -0.478 e. The molecule has 1 heterocycles. The number of carbonyl (C=O) groups is 1. The Morgan fingerprint density at radius 3 is 2.64 bits per heavy atom. The number of imidazole rings is 1. The molecule has 0 saturated carbocycles. The largest absolute Gasteiger partial charge is 0.478 e. The highest BCUT2D eigenvalue weighted by Gasteiger charge is 2.17. The van der Waals surface area contributed by atoms with Gasteiger partial charge in [-0.05, 0) is 61.2 Å². The molecular formula is C20H23N3O2. The van der Waals surface area contributed by atoms with Crippen LogP contribution in [0.15, 0.2) is 36.4 Å². The van der Waals surface area contributed by atoms with Crippen LogP contribution in [0, 0.1) is 13.8 Å². The zero-order chi connectivity index (χ0) is 18.1. The molecule has 1 unspecified atom stereocenters. The first-order valence-electron chi connectivity index (χ1n) is 8.46. The van der Waals surface area contributed by atoms with Gasteiger partial charge in [-0.3, -0.25) is 0 Å². The highest BCUT2D eigenvalue weighted by molar-refractivity contribution is 5.87. The van der Waals surface area contributed by atoms with Crippen molar-refractivity contribution < 1.29 is 9.90 Å². The number of aryl methyl sites for hydroxylation is 2. The summed E-state index contributed by atoms with van der Waals surface area (Å²) in [5.74, 6) is -0.0856. The first-order chi connectivity index (χ1) is 11.9. The van der Waals surface area contributed by atoms with Gasteiger partial charge in [0.2, 0.25) is 0 Å². The Hall–Kier alpha value is -2.66. The summed E-state index contributed by atoms with van der Waals surface area (Å²) in [5, 5.41) is 9.22. The fourth-order valence-corrected chi connectivity index (χ4v) is 3.02. The zero-order valence-electron chi connectivity index (χ0n) is 14.8. The van der Waals surface area contributed by atoms with Crippen molar-refractivity contribution in [1.82, 2.24) is 9.55 Å². The van der Waals surface area contributed by atoms with Crippen LogP contribution in [0.5, 0.6) is 0 Å². The third kappa shape index (κ3) is 3.28. The predicted molar refractivity (Wildman–Crippen MR) is 98.9 cm³/mol. The molecule has 0 aliphatic carbocycles. The molecule has 130 valence electrons. The Kier molecular flexibility index (Phi) is 4.59. The number of rotatable bonds is 5. The van der Waals surface area contributed by atoms with Gasteiger partial charge in [-0.1, -0.05) is 19.1 Å². The van der Waals surface area contributed by atoms with E-state index >= 15 is 0 Å². The van der Waals surface area contributed by atoms with Gasteiger partial charge in [0.25, 0.3) is 0 Å². The Balaban J connectivity index is 2.14. The number of carboxylic acid groups (broad SMARTS) is 1. The second kappa shape index (κ2) is 6.69. The highest BCUT2D eigenvalue weighted by atomic mass is 16.4. The molecule has 0 spiro atoms. The lowest BCUT2D eigenvalue weighted by molar-refractivity contribution is 0.0696. The van der Waals surface area contributed by atoms with E-state index in [1.807, 2.05) is 13.0 Å². The molecule has 5 heteroatoms. The van der Waals surface area contributed by atoms with Crippen molar-refractivity contribution in [2.45, 2.75) is 39.8 Å². The van der Waals surface area contributed by atoms with Crippen LogP contribution in [0.2, 0.25) is 0 Å². The molecule has 0 aliphatic heterocycles. The SMILES string of the molecule is CCC(N)c1nc2cc(C)c(C)cc2n1Cc1cccc(C(=O)O)c1. The number of hydrogen-bond donors (Lipinski definition) is 2. The van der Waals surface area contributed by atoms with E-state index < -0.39 is 5.97 Å². The van der Waals surface area contributed by atoms with Crippen LogP contribution in [0.3, 0.4) is 0 Å². The van der Waals surface area contributed by atoms with Gasteiger partial charge in [-0.15, -0.1) is 0 Å². The molecule has 1 aromatic heterocycles. The summed E-state index contributed by atoms with van der Waals surface area (Å²) in [6.07, 6.45) is 0.788. The first kappa shape index (κ1) is 17.2. The molecule has 3 rings (SSSR count). The van der Waals surface area contributed by atoms with E-state index in [0.717, 1.165) is 28.8 Å². The average molecular weight is 337 g/mol. The van der Waals surface area contributed by atoms with Crippen LogP contribution in [-0.2, 0) is 6.54 Å². The molecule has 1 atom stereocenters. The summed E-state index contributed by atoms with van der Waals surface area (Å²) < 4.78 is 2.11. The summed E-state index contributed by atoms with van der Waals surface area (Å²) >= 11 is 0. The molecule has 3 N–H and O–H groups in total. The maximum atomic E-state index is 11.2. The van der Waals surface area contributed by atoms with E-state index in [9.17, 15) is 9.90 Å². The standard InChI is InChI=1S/C20H23N3O2/c1-4-16(21)19-22-17-8-12(2)13(3)9-18(17)23(19)11-14-6-5-7-15(10-14)20(24)25/h5-10,16H,4,11,21H2,1-3H3,(H,24,25). The number of carboxylic acids is 1. The second-order valence-electron chi connectivity index (χ2n) is 6.50. The maximum Gasteiger partial charge on any atom is 0.335 e. The highest BCUT2D eigenvalue weighted by Crippen LogP contribution is 2.25. The molecule has 25 heavy (non-hydrogen) atoms. The van der Waals surface area contributed by atoms with Crippen LogP contribution in [-0.4, -0.2) is 20.6 Å². The molecular weight excluding hydrogens is 314 g/mol. The molecule has 3 aromatic rings. The lowest BCUT2D eigenvalue weighted by Gasteiger charge is -2.14. The number of aromatic nitrogens is 2. The van der Waals surface area contributed by atoms with Crippen molar-refractivity contribution in [3.63, 3.8) is 0 Å². The van der Waals surface area contributed by atoms with Crippen molar-refractivity contribution in [2.75, 3.05) is 0 Å². The van der Waals surface area contributed by atoms with E-state index in [1.54, 1.807) is 18.2 Å². The molecule has 2 aromatic carbocycles. The summed E-state index contributed by atoms with van der Waals surface area (Å²) in [4.78, 5) is 16.0. The van der Waals surface area contributed by atoms with Crippen LogP contribution in [0.25, 0.3) is 11.0 Å². The number of benzene rings is 2. The smallest absolute Gasteiger partial charge is 0.335 e. The lowest BCUT2D eigenvalue weighted by Crippen LogP contribution is -2.16. The van der Waals surface area contributed by atoms with Crippen molar-refractivity contribution in [2.24, 2.45) is 5.73 Å². The third-order valence-electron chi connectivity index (χ3n) is 4.68. The van der Waals surface area contributed by atoms with Crippen LogP contribution >= 0.6 is 0 Å². The second-order valence-corrected chi connectivity index (χ2v) is 6.50. The van der Waals surface area contributed by atoms with Gasteiger partial charge in [0.1, 0.15) is 5.82 Å². The van der Waals surface area contributed by atoms with E-state index in [4.69, 9.17) is 10.7 Å². The van der Waals surface area contributed by atoms with Gasteiger partial charge in [0.15, 0.2) is 0 Å². The van der Waals surface area contributed by atoms with Crippen molar-refractivity contribution in [3.8, 4) is 0 Å². The van der Waals surface area contributed by atoms with Gasteiger partial charge in [-0.25, -0.2) is 9.78 Å². The van der Waals surface area contributed by atoms with E-state index in [-0.39, 0.29) is 11.6 Å². The Morgan fingerprint density at radius 1 is 1.24 bits per heavy atom. The van der Waals surface area contributed by atoms with Crippen molar-refractivity contribution in [3.05, 3.63) is 64.5 Å². The van der Waals surface area contributed by atoms with Gasteiger partial charge in [-0.2, -0.15) is 0 Å². The minimum atomic E-state index is -0.922.